The maximum atomic E-state index is 13.2. The molecule has 216 valence electrons. The summed E-state index contributed by atoms with van der Waals surface area (Å²) >= 11 is 0. The maximum Gasteiger partial charge on any atom is 0.481 e. The van der Waals surface area contributed by atoms with Gasteiger partial charge in [-0.3, -0.25) is 23.4 Å². The predicted octanol–water partition coefficient (Wildman–Crippen LogP) is -0.0256. The third-order valence-electron chi connectivity index (χ3n) is 5.88. The minimum atomic E-state index is -5.38. The molecule has 2 aromatic heterocycles. The van der Waals surface area contributed by atoms with Gasteiger partial charge in [-0.2, -0.15) is 4.31 Å². The van der Waals surface area contributed by atoms with E-state index < -0.39 is 58.0 Å². The van der Waals surface area contributed by atoms with Gasteiger partial charge in [-0.25, -0.2) is 13.9 Å². The summed E-state index contributed by atoms with van der Waals surface area (Å²) in [6.07, 6.45) is -4.02. The van der Waals surface area contributed by atoms with Crippen molar-refractivity contribution in [2.75, 3.05) is 13.7 Å². The number of methoxy groups -OCH3 is 1. The first-order chi connectivity index (χ1) is 18.8. The molecule has 0 spiro atoms. The van der Waals surface area contributed by atoms with Crippen LogP contribution in [0.25, 0.3) is 11.1 Å². The standard InChI is InChI=1S/C22H25N3O13P2/c1-35-16-4-2-13(3-5-16)14-6-8-23-15(10-14)11-25-18(26)7-9-24(22(25)29)21-20(28)19(27)17(37-21)12-36-40(33,34)38-39(30,31)32/h2-10,17,19-21,27-28H,11-12H2,1H3,(H,33,34)(H2,30,31,32)/t17-,19?,20?,21-/m1/s1. The molecule has 5 N–H and O–H groups in total. The number of pyridine rings is 1. The molecule has 40 heavy (non-hydrogen) atoms. The lowest BCUT2D eigenvalue weighted by Crippen LogP contribution is -2.43. The average molecular weight is 601 g/mol. The van der Waals surface area contributed by atoms with Crippen LogP contribution in [-0.2, 0) is 29.2 Å². The van der Waals surface area contributed by atoms with Gasteiger partial charge in [-0.1, -0.05) is 12.1 Å². The van der Waals surface area contributed by atoms with Crippen molar-refractivity contribution in [3.63, 3.8) is 0 Å². The van der Waals surface area contributed by atoms with Gasteiger partial charge in [0, 0.05) is 18.5 Å². The molecule has 3 heterocycles. The van der Waals surface area contributed by atoms with Crippen LogP contribution in [0.4, 0.5) is 0 Å². The largest absolute Gasteiger partial charge is 0.497 e. The van der Waals surface area contributed by atoms with E-state index in [2.05, 4.69) is 13.8 Å². The van der Waals surface area contributed by atoms with Crippen LogP contribution in [0.1, 0.15) is 11.9 Å². The van der Waals surface area contributed by atoms with Gasteiger partial charge in [0.2, 0.25) is 0 Å². The van der Waals surface area contributed by atoms with E-state index in [1.165, 1.54) is 6.20 Å². The molecule has 0 radical (unpaired) electrons. The number of rotatable bonds is 10. The lowest BCUT2D eigenvalue weighted by molar-refractivity contribution is -0.0547. The second-order valence-electron chi connectivity index (χ2n) is 8.58. The van der Waals surface area contributed by atoms with E-state index in [1.54, 1.807) is 31.4 Å². The number of aliphatic hydroxyl groups is 2. The lowest BCUT2D eigenvalue weighted by Gasteiger charge is -2.19. The predicted molar refractivity (Wildman–Crippen MR) is 135 cm³/mol. The molecular weight excluding hydrogens is 576 g/mol. The van der Waals surface area contributed by atoms with Gasteiger partial charge in [0.15, 0.2) is 6.23 Å². The molecule has 1 fully saturated rings. The lowest BCUT2D eigenvalue weighted by atomic mass is 10.1. The summed E-state index contributed by atoms with van der Waals surface area (Å²) in [5.74, 6) is 0.671. The fourth-order valence-corrected chi connectivity index (χ4v) is 5.58. The first kappa shape index (κ1) is 30.0. The van der Waals surface area contributed by atoms with E-state index >= 15 is 0 Å². The van der Waals surface area contributed by atoms with Gasteiger partial charge in [0.1, 0.15) is 24.1 Å². The molecule has 16 nitrogen and oxygen atoms in total. The summed E-state index contributed by atoms with van der Waals surface area (Å²) in [6.45, 7) is -1.19. The van der Waals surface area contributed by atoms with Crippen molar-refractivity contribution < 1.29 is 52.3 Å². The number of hydrogen-bond acceptors (Lipinski definition) is 11. The first-order valence-corrected chi connectivity index (χ1v) is 14.5. The molecule has 4 rings (SSSR count). The zero-order chi connectivity index (χ0) is 29.2. The van der Waals surface area contributed by atoms with E-state index in [-0.39, 0.29) is 6.54 Å². The second-order valence-corrected chi connectivity index (χ2v) is 11.4. The maximum absolute atomic E-state index is 13.2. The molecule has 1 aromatic carbocycles. The highest BCUT2D eigenvalue weighted by Crippen LogP contribution is 2.57. The normalized spacial score (nSPS) is 22.6. The number of benzene rings is 1. The van der Waals surface area contributed by atoms with Crippen molar-refractivity contribution in [3.8, 4) is 16.9 Å². The minimum Gasteiger partial charge on any atom is -0.497 e. The van der Waals surface area contributed by atoms with Crippen molar-refractivity contribution in [3.05, 3.63) is 81.4 Å². The quantitative estimate of drug-likeness (QED) is 0.192. The number of hydrogen-bond donors (Lipinski definition) is 5. The van der Waals surface area contributed by atoms with Crippen molar-refractivity contribution in [2.45, 2.75) is 31.1 Å². The Hall–Kier alpha value is -3.01. The summed E-state index contributed by atoms with van der Waals surface area (Å²) in [4.78, 5) is 56.8. The molecule has 0 bridgehead atoms. The van der Waals surface area contributed by atoms with Crippen molar-refractivity contribution in [1.29, 1.82) is 0 Å². The Morgan fingerprint density at radius 3 is 2.35 bits per heavy atom. The summed E-state index contributed by atoms with van der Waals surface area (Å²) in [5.41, 5.74) is 0.376. The van der Waals surface area contributed by atoms with Crippen molar-refractivity contribution in [2.24, 2.45) is 0 Å². The molecule has 5 atom stereocenters. The Morgan fingerprint density at radius 1 is 1.00 bits per heavy atom. The zero-order valence-electron chi connectivity index (χ0n) is 20.7. The number of nitrogens with zero attached hydrogens (tertiary/aromatic N) is 3. The SMILES string of the molecule is COc1ccc(-c2ccnc(Cn3c(=O)ccn([C@@H]4O[C@H](COP(=O)(O)OP(=O)(O)O)C(O)C4O)c3=O)c2)cc1. The molecule has 3 aromatic rings. The fourth-order valence-electron chi connectivity index (χ4n) is 3.98. The molecule has 1 aliphatic heterocycles. The van der Waals surface area contributed by atoms with E-state index in [9.17, 15) is 33.8 Å². The second kappa shape index (κ2) is 11.8. The van der Waals surface area contributed by atoms with Crippen LogP contribution in [0.3, 0.4) is 0 Å². The van der Waals surface area contributed by atoms with Gasteiger partial charge in [-0.15, -0.1) is 0 Å². The van der Waals surface area contributed by atoms with Gasteiger partial charge < -0.3 is 34.4 Å². The molecule has 0 amide bonds. The van der Waals surface area contributed by atoms with E-state index in [1.807, 2.05) is 12.1 Å². The molecule has 1 aliphatic rings. The highest BCUT2D eigenvalue weighted by atomic mass is 31.3. The Morgan fingerprint density at radius 2 is 1.70 bits per heavy atom. The van der Waals surface area contributed by atoms with Crippen LogP contribution in [0.5, 0.6) is 5.75 Å². The van der Waals surface area contributed by atoms with Crippen LogP contribution >= 0.6 is 15.6 Å². The first-order valence-electron chi connectivity index (χ1n) is 11.4. The molecule has 3 unspecified atom stereocenters. The van der Waals surface area contributed by atoms with E-state index in [4.69, 9.17) is 19.3 Å². The number of aromatic nitrogens is 3. The average Bonchev–Trinajstić information content (AvgIpc) is 3.17. The van der Waals surface area contributed by atoms with Crippen LogP contribution in [0.2, 0.25) is 0 Å². The monoisotopic (exact) mass is 601 g/mol. The summed E-state index contributed by atoms with van der Waals surface area (Å²) in [5, 5.41) is 20.8. The molecular formula is C22H25N3O13P2. The summed E-state index contributed by atoms with van der Waals surface area (Å²) in [7, 11) is -9.10. The highest BCUT2D eigenvalue weighted by molar-refractivity contribution is 7.60. The molecule has 1 saturated heterocycles. The summed E-state index contributed by atoms with van der Waals surface area (Å²) in [6, 6.07) is 11.7. The van der Waals surface area contributed by atoms with Crippen LogP contribution < -0.4 is 16.0 Å². The summed E-state index contributed by atoms with van der Waals surface area (Å²) < 4.78 is 42.9. The van der Waals surface area contributed by atoms with Crippen molar-refractivity contribution in [1.82, 2.24) is 14.1 Å². The van der Waals surface area contributed by atoms with Gasteiger partial charge in [0.25, 0.3) is 5.56 Å². The number of phosphoric ester groups is 1. The third kappa shape index (κ3) is 7.00. The molecule has 0 aliphatic carbocycles. The Labute approximate surface area is 225 Å². The smallest absolute Gasteiger partial charge is 0.481 e. The van der Waals surface area contributed by atoms with Crippen LogP contribution in [0, 0.1) is 0 Å². The Balaban J connectivity index is 1.54. The van der Waals surface area contributed by atoms with E-state index in [0.29, 0.717) is 11.4 Å². The number of aliphatic hydroxyl groups excluding tert-OH is 2. The Bertz CT molecular complexity index is 1570. The molecule has 18 heteroatoms. The number of phosphoric acid groups is 2. The number of ether oxygens (including phenoxy) is 2. The van der Waals surface area contributed by atoms with Crippen LogP contribution in [0.15, 0.2) is 64.4 Å². The van der Waals surface area contributed by atoms with Crippen LogP contribution in [-0.4, -0.2) is 71.0 Å². The van der Waals surface area contributed by atoms with Crippen molar-refractivity contribution >= 4 is 15.6 Å². The third-order valence-corrected chi connectivity index (χ3v) is 8.03. The zero-order valence-corrected chi connectivity index (χ0v) is 22.4. The topological polar surface area (TPSA) is 229 Å². The van der Waals surface area contributed by atoms with Gasteiger partial charge in [0.05, 0.1) is 26.0 Å². The minimum absolute atomic E-state index is 0.242. The fraction of sp³-hybridized carbons (Fsp3) is 0.318. The van der Waals surface area contributed by atoms with Gasteiger partial charge in [-0.05, 0) is 35.4 Å². The highest BCUT2D eigenvalue weighted by Gasteiger charge is 2.46. The molecule has 0 saturated carbocycles. The Kier molecular flexibility index (Phi) is 8.87. The van der Waals surface area contributed by atoms with Gasteiger partial charge >= 0.3 is 21.3 Å². The van der Waals surface area contributed by atoms with E-state index in [0.717, 1.165) is 32.5 Å².